The van der Waals surface area contributed by atoms with Crippen LogP contribution in [0.1, 0.15) is 37.0 Å². The summed E-state index contributed by atoms with van der Waals surface area (Å²) < 4.78 is 13.7. The van der Waals surface area contributed by atoms with Gasteiger partial charge >= 0.3 is 0 Å². The minimum Gasteiger partial charge on any atom is -0.319 e. The predicted octanol–water partition coefficient (Wildman–Crippen LogP) is 4.28. The molecule has 2 heterocycles. The van der Waals surface area contributed by atoms with Gasteiger partial charge in [0, 0.05) is 11.1 Å². The van der Waals surface area contributed by atoms with Crippen molar-refractivity contribution >= 4 is 34.5 Å². The SMILES string of the molecule is O=C(Nc1ccc(F)cc1NC(=O)c1cc2c(s1)CCC2)c1ccccn1. The normalized spacial score (nSPS) is 12.5. The van der Waals surface area contributed by atoms with E-state index in [9.17, 15) is 14.0 Å². The number of hydrogen-bond donors (Lipinski definition) is 2. The van der Waals surface area contributed by atoms with E-state index in [1.165, 1.54) is 46.2 Å². The molecule has 5 nitrogen and oxygen atoms in total. The molecule has 0 atom stereocenters. The maximum Gasteiger partial charge on any atom is 0.274 e. The van der Waals surface area contributed by atoms with E-state index < -0.39 is 11.7 Å². The van der Waals surface area contributed by atoms with Crippen molar-refractivity contribution < 1.29 is 14.0 Å². The molecule has 2 aromatic heterocycles. The van der Waals surface area contributed by atoms with Gasteiger partial charge in [-0.3, -0.25) is 14.6 Å². The summed E-state index contributed by atoms with van der Waals surface area (Å²) in [5, 5.41) is 5.38. The predicted molar refractivity (Wildman–Crippen MR) is 103 cm³/mol. The Balaban J connectivity index is 1.55. The number of nitrogens with zero attached hydrogens (tertiary/aromatic N) is 1. The Kier molecular flexibility index (Phi) is 4.68. The second-order valence-electron chi connectivity index (χ2n) is 6.23. The molecule has 0 saturated carbocycles. The number of thiophene rings is 1. The number of nitrogens with one attached hydrogen (secondary N) is 2. The molecule has 3 aromatic rings. The number of pyridine rings is 1. The average molecular weight is 381 g/mol. The highest BCUT2D eigenvalue weighted by atomic mass is 32.1. The first-order chi connectivity index (χ1) is 13.1. The van der Waals surface area contributed by atoms with Crippen molar-refractivity contribution in [2.75, 3.05) is 10.6 Å². The molecule has 7 heteroatoms. The van der Waals surface area contributed by atoms with Crippen molar-refractivity contribution in [1.29, 1.82) is 0 Å². The molecule has 4 rings (SSSR count). The van der Waals surface area contributed by atoms with Gasteiger partial charge in [-0.25, -0.2) is 4.39 Å². The van der Waals surface area contributed by atoms with Crippen LogP contribution in [0, 0.1) is 5.82 Å². The van der Waals surface area contributed by atoms with Crippen molar-refractivity contribution in [3.05, 3.63) is 75.5 Å². The molecule has 0 aliphatic heterocycles. The summed E-state index contributed by atoms with van der Waals surface area (Å²) >= 11 is 1.47. The third-order valence-electron chi connectivity index (χ3n) is 4.35. The minimum atomic E-state index is -0.505. The fourth-order valence-electron chi connectivity index (χ4n) is 3.04. The highest BCUT2D eigenvalue weighted by Gasteiger charge is 2.20. The van der Waals surface area contributed by atoms with Gasteiger partial charge in [0.2, 0.25) is 0 Å². The molecule has 2 amide bonds. The molecule has 1 aromatic carbocycles. The van der Waals surface area contributed by atoms with Crippen LogP contribution in [0.15, 0.2) is 48.7 Å². The van der Waals surface area contributed by atoms with Crippen molar-refractivity contribution in [1.82, 2.24) is 4.98 Å². The number of halogens is 1. The summed E-state index contributed by atoms with van der Waals surface area (Å²) in [6, 6.07) is 10.7. The van der Waals surface area contributed by atoms with Gasteiger partial charge in [-0.2, -0.15) is 0 Å². The fourth-order valence-corrected chi connectivity index (χ4v) is 4.19. The Morgan fingerprint density at radius 3 is 2.63 bits per heavy atom. The van der Waals surface area contributed by atoms with Gasteiger partial charge in [0.1, 0.15) is 11.5 Å². The van der Waals surface area contributed by atoms with E-state index in [1.54, 1.807) is 18.2 Å². The summed E-state index contributed by atoms with van der Waals surface area (Å²) in [5.74, 6) is -1.25. The smallest absolute Gasteiger partial charge is 0.274 e. The Labute approximate surface area is 159 Å². The van der Waals surface area contributed by atoms with Crippen LogP contribution in [0.5, 0.6) is 0 Å². The topological polar surface area (TPSA) is 71.1 Å². The van der Waals surface area contributed by atoms with Crippen LogP contribution in [-0.4, -0.2) is 16.8 Å². The number of rotatable bonds is 4. The van der Waals surface area contributed by atoms with Crippen molar-refractivity contribution in [3.8, 4) is 0 Å². The first-order valence-corrected chi connectivity index (χ1v) is 9.36. The van der Waals surface area contributed by atoms with Gasteiger partial charge in [-0.15, -0.1) is 11.3 Å². The van der Waals surface area contributed by atoms with Crippen LogP contribution < -0.4 is 10.6 Å². The zero-order chi connectivity index (χ0) is 18.8. The van der Waals surface area contributed by atoms with Crippen molar-refractivity contribution in [3.63, 3.8) is 0 Å². The molecule has 136 valence electrons. The van der Waals surface area contributed by atoms with Crippen LogP contribution in [0.25, 0.3) is 0 Å². The summed E-state index contributed by atoms with van der Waals surface area (Å²) in [5.41, 5.74) is 1.96. The number of amides is 2. The lowest BCUT2D eigenvalue weighted by molar-refractivity contribution is 0.101. The van der Waals surface area contributed by atoms with Gasteiger partial charge in [0.25, 0.3) is 11.8 Å². The molecule has 1 aliphatic carbocycles. The number of benzene rings is 1. The van der Waals surface area contributed by atoms with Gasteiger partial charge in [0.05, 0.1) is 16.3 Å². The number of aromatic nitrogens is 1. The summed E-state index contributed by atoms with van der Waals surface area (Å²) in [7, 11) is 0. The maximum absolute atomic E-state index is 13.7. The summed E-state index contributed by atoms with van der Waals surface area (Å²) in [6.07, 6.45) is 4.62. The second-order valence-corrected chi connectivity index (χ2v) is 7.36. The Hall–Kier alpha value is -3.06. The lowest BCUT2D eigenvalue weighted by Gasteiger charge is -2.12. The zero-order valence-electron chi connectivity index (χ0n) is 14.3. The van der Waals surface area contributed by atoms with E-state index in [-0.39, 0.29) is 17.3 Å². The minimum absolute atomic E-state index is 0.206. The van der Waals surface area contributed by atoms with Crippen molar-refractivity contribution in [2.24, 2.45) is 0 Å². The van der Waals surface area contributed by atoms with Crippen LogP contribution >= 0.6 is 11.3 Å². The van der Waals surface area contributed by atoms with E-state index in [0.717, 1.165) is 19.3 Å². The first kappa shape index (κ1) is 17.4. The third kappa shape index (κ3) is 3.73. The van der Waals surface area contributed by atoms with Gasteiger partial charge in [0.15, 0.2) is 0 Å². The van der Waals surface area contributed by atoms with E-state index in [0.29, 0.717) is 10.6 Å². The van der Waals surface area contributed by atoms with Crippen LogP contribution in [-0.2, 0) is 12.8 Å². The number of carbonyl (C=O) groups excluding carboxylic acids is 2. The first-order valence-electron chi connectivity index (χ1n) is 8.55. The molecule has 0 saturated heterocycles. The van der Waals surface area contributed by atoms with Gasteiger partial charge in [-0.05, 0) is 61.2 Å². The van der Waals surface area contributed by atoms with E-state index in [2.05, 4.69) is 15.6 Å². The van der Waals surface area contributed by atoms with Crippen LogP contribution in [0.4, 0.5) is 15.8 Å². The molecule has 1 aliphatic rings. The van der Waals surface area contributed by atoms with Crippen molar-refractivity contribution in [2.45, 2.75) is 19.3 Å². The molecule has 0 spiro atoms. The van der Waals surface area contributed by atoms with Crippen LogP contribution in [0.3, 0.4) is 0 Å². The molecule has 0 fully saturated rings. The van der Waals surface area contributed by atoms with Gasteiger partial charge < -0.3 is 10.6 Å². The molecule has 2 N–H and O–H groups in total. The van der Waals surface area contributed by atoms with Crippen LogP contribution in [0.2, 0.25) is 0 Å². The molecule has 0 unspecified atom stereocenters. The Bertz CT molecular complexity index is 996. The Morgan fingerprint density at radius 2 is 1.85 bits per heavy atom. The quantitative estimate of drug-likeness (QED) is 0.709. The maximum atomic E-state index is 13.7. The van der Waals surface area contributed by atoms with E-state index in [4.69, 9.17) is 0 Å². The largest absolute Gasteiger partial charge is 0.319 e. The summed E-state index contributed by atoms with van der Waals surface area (Å²) in [4.78, 5) is 30.7. The number of aryl methyl sites for hydroxylation is 2. The summed E-state index contributed by atoms with van der Waals surface area (Å²) in [6.45, 7) is 0. The standard InChI is InChI=1S/C20H16FN3O2S/c21-13-7-8-14(23-19(25)15-5-1-2-9-22-15)16(11-13)24-20(26)18-10-12-4-3-6-17(12)27-18/h1-2,5,7-11H,3-4,6H2,(H,23,25)(H,24,26). The average Bonchev–Trinajstić information content (AvgIpc) is 3.27. The monoisotopic (exact) mass is 381 g/mol. The molecule has 27 heavy (non-hydrogen) atoms. The fraction of sp³-hybridized carbons (Fsp3) is 0.150. The lowest BCUT2D eigenvalue weighted by atomic mass is 10.2. The molecular weight excluding hydrogens is 365 g/mol. The molecule has 0 radical (unpaired) electrons. The number of carbonyl (C=O) groups is 2. The molecular formula is C20H16FN3O2S. The number of hydrogen-bond acceptors (Lipinski definition) is 4. The second kappa shape index (κ2) is 7.28. The Morgan fingerprint density at radius 1 is 1.00 bits per heavy atom. The highest BCUT2D eigenvalue weighted by Crippen LogP contribution is 2.32. The number of fused-ring (bicyclic) bond motifs is 1. The zero-order valence-corrected chi connectivity index (χ0v) is 15.1. The highest BCUT2D eigenvalue weighted by molar-refractivity contribution is 7.14. The van der Waals surface area contributed by atoms with E-state index in [1.807, 2.05) is 6.07 Å². The van der Waals surface area contributed by atoms with Gasteiger partial charge in [-0.1, -0.05) is 6.07 Å². The third-order valence-corrected chi connectivity index (χ3v) is 5.58. The van der Waals surface area contributed by atoms with E-state index >= 15 is 0 Å². The molecule has 0 bridgehead atoms. The lowest BCUT2D eigenvalue weighted by Crippen LogP contribution is -2.17. The number of anilines is 2.